The number of aromatic hydroxyl groups is 1. The minimum absolute atomic E-state index is 0.0661. The highest BCUT2D eigenvalue weighted by molar-refractivity contribution is 7.92. The molecular formula is C15H12FN5O4S. The molecule has 1 amide bonds. The lowest BCUT2D eigenvalue weighted by Gasteiger charge is -2.18. The number of aromatic nitrogens is 2. The Morgan fingerprint density at radius 1 is 1.38 bits per heavy atom. The zero-order valence-electron chi connectivity index (χ0n) is 13.2. The van der Waals surface area contributed by atoms with Crippen LogP contribution < -0.4 is 9.03 Å². The number of hydrogen-bond donors (Lipinski definition) is 3. The first-order valence-electron chi connectivity index (χ1n) is 7.60. The topological polar surface area (TPSA) is 139 Å². The first kappa shape index (κ1) is 16.3. The Balaban J connectivity index is 1.81. The van der Waals surface area contributed by atoms with E-state index in [1.807, 2.05) is 0 Å². The van der Waals surface area contributed by atoms with Crippen LogP contribution in [0.5, 0.6) is 5.75 Å². The number of nitrogens with one attached hydrogen (secondary N) is 2. The number of hydrogen-bond acceptors (Lipinski definition) is 6. The van der Waals surface area contributed by atoms with Gasteiger partial charge in [-0.3, -0.25) is 9.89 Å². The van der Waals surface area contributed by atoms with E-state index in [2.05, 4.69) is 16.3 Å². The number of aromatic amines is 1. The molecule has 1 aromatic heterocycles. The lowest BCUT2D eigenvalue weighted by atomic mass is 10.0. The molecule has 0 spiro atoms. The molecule has 1 aliphatic heterocycles. The Hall–Kier alpha value is -3.13. The number of rotatable bonds is 3. The number of phenols is 1. The average molecular weight is 377 g/mol. The van der Waals surface area contributed by atoms with Crippen molar-refractivity contribution < 1.29 is 22.7 Å². The molecular weight excluding hydrogens is 365 g/mol. The quantitative estimate of drug-likeness (QED) is 0.718. The van der Waals surface area contributed by atoms with Crippen LogP contribution in [0.15, 0.2) is 18.2 Å². The highest BCUT2D eigenvalue weighted by Crippen LogP contribution is 2.47. The Kier molecular flexibility index (Phi) is 3.26. The molecule has 2 fully saturated rings. The third-order valence-corrected chi connectivity index (χ3v) is 5.88. The van der Waals surface area contributed by atoms with Gasteiger partial charge in [0.25, 0.3) is 5.91 Å². The molecule has 9 nitrogen and oxygen atoms in total. The van der Waals surface area contributed by atoms with E-state index in [1.165, 1.54) is 12.1 Å². The highest BCUT2D eigenvalue weighted by Gasteiger charge is 2.46. The standard InChI is InChI=1S/C15H12FN5O4S/c16-13-8(9-5-11(19-18-9)15(7-17)3-4-15)1-2-10(22)14(13)21-6-12(23)20-26(21,24)25/h1-2,5,22H,3-4,6H2,(H,18,19)(H,20,23). The van der Waals surface area contributed by atoms with E-state index in [9.17, 15) is 23.6 Å². The van der Waals surface area contributed by atoms with E-state index in [4.69, 9.17) is 0 Å². The van der Waals surface area contributed by atoms with Gasteiger partial charge in [0.05, 0.1) is 22.9 Å². The smallest absolute Gasteiger partial charge is 0.326 e. The molecule has 1 saturated heterocycles. The van der Waals surface area contributed by atoms with Crippen LogP contribution in [0, 0.1) is 17.1 Å². The van der Waals surface area contributed by atoms with Gasteiger partial charge in [0.2, 0.25) is 0 Å². The van der Waals surface area contributed by atoms with Gasteiger partial charge in [-0.25, -0.2) is 13.4 Å². The van der Waals surface area contributed by atoms with Crippen LogP contribution in [-0.2, 0) is 20.4 Å². The van der Waals surface area contributed by atoms with Gasteiger partial charge in [-0.05, 0) is 31.0 Å². The molecule has 0 radical (unpaired) electrons. The summed E-state index contributed by atoms with van der Waals surface area (Å²) in [5.74, 6) is -2.50. The third kappa shape index (κ3) is 2.30. The van der Waals surface area contributed by atoms with Crippen molar-refractivity contribution in [2.24, 2.45) is 0 Å². The second-order valence-electron chi connectivity index (χ2n) is 6.19. The summed E-state index contributed by atoms with van der Waals surface area (Å²) < 4.78 is 41.1. The number of nitriles is 1. The van der Waals surface area contributed by atoms with Crippen LogP contribution in [0.1, 0.15) is 18.5 Å². The molecule has 0 bridgehead atoms. The van der Waals surface area contributed by atoms with Gasteiger partial charge in [0, 0.05) is 5.56 Å². The van der Waals surface area contributed by atoms with Crippen molar-refractivity contribution in [3.63, 3.8) is 0 Å². The lowest BCUT2D eigenvalue weighted by molar-refractivity contribution is -0.117. The highest BCUT2D eigenvalue weighted by atomic mass is 32.2. The van der Waals surface area contributed by atoms with Gasteiger partial charge in [0.1, 0.15) is 18.0 Å². The third-order valence-electron chi connectivity index (χ3n) is 4.50. The number of carbonyl (C=O) groups excluding carboxylic acids is 1. The number of anilines is 1. The summed E-state index contributed by atoms with van der Waals surface area (Å²) in [6.45, 7) is -0.639. The van der Waals surface area contributed by atoms with E-state index < -0.39 is 45.3 Å². The lowest BCUT2D eigenvalue weighted by Crippen LogP contribution is -2.30. The molecule has 0 unspecified atom stereocenters. The fraction of sp³-hybridized carbons (Fsp3) is 0.267. The molecule has 2 aliphatic rings. The molecule has 4 rings (SSSR count). The molecule has 2 heterocycles. The fourth-order valence-corrected chi connectivity index (χ4v) is 4.07. The predicted octanol–water partition coefficient (Wildman–Crippen LogP) is 0.658. The number of amides is 1. The largest absolute Gasteiger partial charge is 0.506 e. The summed E-state index contributed by atoms with van der Waals surface area (Å²) in [6, 6.07) is 6.09. The van der Waals surface area contributed by atoms with Gasteiger partial charge in [-0.1, -0.05) is 0 Å². The van der Waals surface area contributed by atoms with E-state index in [0.29, 0.717) is 22.8 Å². The number of halogens is 1. The average Bonchev–Trinajstić information content (AvgIpc) is 3.13. The van der Waals surface area contributed by atoms with E-state index in [1.54, 1.807) is 4.72 Å². The molecule has 1 aromatic carbocycles. The van der Waals surface area contributed by atoms with Crippen molar-refractivity contribution in [3.8, 4) is 23.1 Å². The van der Waals surface area contributed by atoms with Crippen LogP contribution in [-0.4, -0.2) is 36.2 Å². The van der Waals surface area contributed by atoms with Crippen molar-refractivity contribution in [2.75, 3.05) is 10.8 Å². The second-order valence-corrected chi connectivity index (χ2v) is 7.79. The summed E-state index contributed by atoms with van der Waals surface area (Å²) in [5, 5.41) is 25.9. The van der Waals surface area contributed by atoms with Crippen molar-refractivity contribution >= 4 is 21.8 Å². The molecule has 134 valence electrons. The number of benzene rings is 1. The summed E-state index contributed by atoms with van der Waals surface area (Å²) in [7, 11) is -4.28. The number of carbonyl (C=O) groups is 1. The first-order chi connectivity index (χ1) is 12.3. The molecule has 1 aliphatic carbocycles. The second kappa shape index (κ2) is 5.18. The molecule has 11 heteroatoms. The van der Waals surface area contributed by atoms with Gasteiger partial charge in [0.15, 0.2) is 5.82 Å². The predicted molar refractivity (Wildman–Crippen MR) is 86.6 cm³/mol. The summed E-state index contributed by atoms with van der Waals surface area (Å²) in [4.78, 5) is 11.4. The van der Waals surface area contributed by atoms with Gasteiger partial charge in [-0.2, -0.15) is 18.8 Å². The van der Waals surface area contributed by atoms with Crippen molar-refractivity contribution in [2.45, 2.75) is 18.3 Å². The van der Waals surface area contributed by atoms with Gasteiger partial charge in [-0.15, -0.1) is 0 Å². The van der Waals surface area contributed by atoms with Crippen molar-refractivity contribution in [3.05, 3.63) is 29.7 Å². The summed E-state index contributed by atoms with van der Waals surface area (Å²) >= 11 is 0. The molecule has 3 N–H and O–H groups in total. The number of phenolic OH excluding ortho intramolecular Hbond substituents is 1. The Morgan fingerprint density at radius 2 is 2.12 bits per heavy atom. The normalized spacial score (nSPS) is 19.8. The minimum Gasteiger partial charge on any atom is -0.506 e. The molecule has 2 aromatic rings. The number of H-pyrrole nitrogens is 1. The maximum Gasteiger partial charge on any atom is 0.326 e. The first-order valence-corrected chi connectivity index (χ1v) is 9.04. The maximum atomic E-state index is 15.0. The van der Waals surface area contributed by atoms with Crippen molar-refractivity contribution in [1.82, 2.24) is 14.9 Å². The van der Waals surface area contributed by atoms with Gasteiger partial charge < -0.3 is 5.11 Å². The van der Waals surface area contributed by atoms with Crippen LogP contribution in [0.3, 0.4) is 0 Å². The minimum atomic E-state index is -4.28. The monoisotopic (exact) mass is 377 g/mol. The fourth-order valence-electron chi connectivity index (χ4n) is 2.91. The van der Waals surface area contributed by atoms with E-state index in [0.717, 1.165) is 6.07 Å². The van der Waals surface area contributed by atoms with E-state index in [-0.39, 0.29) is 11.3 Å². The van der Waals surface area contributed by atoms with Gasteiger partial charge >= 0.3 is 10.2 Å². The summed E-state index contributed by atoms with van der Waals surface area (Å²) in [5.41, 5.74) is -0.628. The SMILES string of the molecule is N#CC1(c2cc(-c3ccc(O)c(N4CC(=O)NS4(=O)=O)c3F)n[nH]2)CC1. The van der Waals surface area contributed by atoms with Crippen LogP contribution in [0.2, 0.25) is 0 Å². The zero-order chi connectivity index (χ0) is 18.7. The number of nitrogens with zero attached hydrogens (tertiary/aromatic N) is 3. The Morgan fingerprint density at radius 3 is 2.69 bits per heavy atom. The maximum absolute atomic E-state index is 15.0. The molecule has 26 heavy (non-hydrogen) atoms. The van der Waals surface area contributed by atoms with Crippen molar-refractivity contribution in [1.29, 1.82) is 5.26 Å². The van der Waals surface area contributed by atoms with Crippen LogP contribution in [0.4, 0.5) is 10.1 Å². The molecule has 0 atom stereocenters. The van der Waals surface area contributed by atoms with E-state index >= 15 is 4.39 Å². The van der Waals surface area contributed by atoms with Crippen LogP contribution >= 0.6 is 0 Å². The Labute approximate surface area is 147 Å². The molecule has 1 saturated carbocycles. The van der Waals surface area contributed by atoms with Crippen LogP contribution in [0.25, 0.3) is 11.3 Å². The summed E-state index contributed by atoms with van der Waals surface area (Å²) in [6.07, 6.45) is 1.35. The zero-order valence-corrected chi connectivity index (χ0v) is 14.0. The Bertz CT molecular complexity index is 1080.